The summed E-state index contributed by atoms with van der Waals surface area (Å²) >= 11 is 1.46. The Hall–Kier alpha value is -2.46. The Bertz CT molecular complexity index is 1260. The van der Waals surface area contributed by atoms with Crippen molar-refractivity contribution in [2.75, 3.05) is 0 Å². The van der Waals surface area contributed by atoms with Crippen molar-refractivity contribution >= 4 is 33.4 Å². The fourth-order valence-corrected chi connectivity index (χ4v) is 4.18. The molecule has 0 aliphatic rings. The molecule has 0 atom stereocenters. The summed E-state index contributed by atoms with van der Waals surface area (Å²) in [5.74, 6) is 0. The fourth-order valence-electron chi connectivity index (χ4n) is 3.20. The Morgan fingerprint density at radius 2 is 1.52 bits per heavy atom. The Balaban J connectivity index is 2.01. The van der Waals surface area contributed by atoms with Crippen LogP contribution in [0.5, 0.6) is 0 Å². The second kappa shape index (κ2) is 5.53. The summed E-state index contributed by atoms with van der Waals surface area (Å²) in [5, 5.41) is 0. The lowest BCUT2D eigenvalue weighted by Gasteiger charge is -2.05. The molecule has 4 heteroatoms. The Kier molecular flexibility index (Phi) is 3.55. The Morgan fingerprint density at radius 1 is 0.880 bits per heavy atom. The van der Waals surface area contributed by atoms with Crippen LogP contribution in [0.25, 0.3) is 22.1 Å². The van der Waals surface area contributed by atoms with E-state index in [1.807, 2.05) is 6.08 Å². The van der Waals surface area contributed by atoms with Crippen molar-refractivity contribution in [1.82, 2.24) is 9.38 Å². The predicted molar refractivity (Wildman–Crippen MR) is 106 cm³/mol. The van der Waals surface area contributed by atoms with E-state index in [1.54, 1.807) is 4.40 Å². The van der Waals surface area contributed by atoms with Crippen LogP contribution in [-0.4, -0.2) is 9.38 Å². The van der Waals surface area contributed by atoms with Gasteiger partial charge in [-0.2, -0.15) is 0 Å². The molecule has 4 aromatic rings. The molecule has 2 aromatic heterocycles. The van der Waals surface area contributed by atoms with E-state index in [-0.39, 0.29) is 5.56 Å². The van der Waals surface area contributed by atoms with Gasteiger partial charge >= 0.3 is 0 Å². The van der Waals surface area contributed by atoms with Gasteiger partial charge in [-0.25, -0.2) is 9.38 Å². The zero-order chi connectivity index (χ0) is 17.9. The topological polar surface area (TPSA) is 34.4 Å². The number of aromatic nitrogens is 2. The summed E-state index contributed by atoms with van der Waals surface area (Å²) in [6, 6.07) is 8.44. The van der Waals surface area contributed by atoms with E-state index >= 15 is 0 Å². The maximum atomic E-state index is 13.0. The van der Waals surface area contributed by atoms with Crippen molar-refractivity contribution in [3.63, 3.8) is 0 Å². The molecule has 25 heavy (non-hydrogen) atoms. The summed E-state index contributed by atoms with van der Waals surface area (Å²) in [6.45, 7) is 10.4. The fraction of sp³-hybridized carbons (Fsp3) is 0.238. The van der Waals surface area contributed by atoms with Crippen molar-refractivity contribution in [3.8, 4) is 0 Å². The number of fused-ring (bicyclic) bond motifs is 3. The lowest BCUT2D eigenvalue weighted by molar-refractivity contribution is 1.18. The number of hydrogen-bond acceptors (Lipinski definition) is 3. The third-order valence-electron chi connectivity index (χ3n) is 5.02. The molecule has 0 aliphatic heterocycles. The van der Waals surface area contributed by atoms with E-state index in [4.69, 9.17) is 0 Å². The quantitative estimate of drug-likeness (QED) is 0.521. The molecule has 0 saturated carbocycles. The second-order valence-corrected chi connectivity index (χ2v) is 7.87. The van der Waals surface area contributed by atoms with E-state index in [2.05, 4.69) is 63.9 Å². The van der Waals surface area contributed by atoms with E-state index < -0.39 is 0 Å². The smallest absolute Gasteiger partial charge is 0.267 e. The third-order valence-corrected chi connectivity index (χ3v) is 5.99. The summed E-state index contributed by atoms with van der Waals surface area (Å²) in [7, 11) is 0. The van der Waals surface area contributed by atoms with Gasteiger partial charge in [0.05, 0.1) is 15.6 Å². The normalized spacial score (nSPS) is 12.6. The van der Waals surface area contributed by atoms with Gasteiger partial charge in [0.1, 0.15) is 0 Å². The maximum absolute atomic E-state index is 13.0. The van der Waals surface area contributed by atoms with Gasteiger partial charge in [0.2, 0.25) is 0 Å². The van der Waals surface area contributed by atoms with Crippen molar-refractivity contribution in [3.05, 3.63) is 72.5 Å². The first-order valence-corrected chi connectivity index (χ1v) is 9.18. The van der Waals surface area contributed by atoms with Crippen molar-refractivity contribution in [2.45, 2.75) is 34.6 Å². The summed E-state index contributed by atoms with van der Waals surface area (Å²) in [4.78, 5) is 18.4. The molecular weight excluding hydrogens is 328 g/mol. The van der Waals surface area contributed by atoms with Crippen molar-refractivity contribution < 1.29 is 0 Å². The van der Waals surface area contributed by atoms with Gasteiger partial charge in [-0.15, -0.1) is 0 Å². The van der Waals surface area contributed by atoms with Crippen LogP contribution in [0, 0.1) is 34.6 Å². The Morgan fingerprint density at radius 3 is 2.28 bits per heavy atom. The molecule has 3 nitrogen and oxygen atoms in total. The zero-order valence-corrected chi connectivity index (χ0v) is 15.9. The van der Waals surface area contributed by atoms with Gasteiger partial charge in [0.25, 0.3) is 5.56 Å². The molecule has 2 aromatic carbocycles. The molecule has 0 N–H and O–H groups in total. The van der Waals surface area contributed by atoms with E-state index in [0.29, 0.717) is 0 Å². The van der Waals surface area contributed by atoms with Crippen LogP contribution < -0.4 is 10.1 Å². The van der Waals surface area contributed by atoms with Gasteiger partial charge in [-0.05, 0) is 86.2 Å². The average molecular weight is 348 g/mol. The third kappa shape index (κ3) is 2.48. The molecule has 0 amide bonds. The molecule has 2 heterocycles. The second-order valence-electron chi connectivity index (χ2n) is 6.86. The van der Waals surface area contributed by atoms with Gasteiger partial charge in [-0.1, -0.05) is 23.5 Å². The first kappa shape index (κ1) is 16.0. The van der Waals surface area contributed by atoms with Crippen LogP contribution in [0.3, 0.4) is 0 Å². The monoisotopic (exact) mass is 348 g/mol. The van der Waals surface area contributed by atoms with Crippen LogP contribution in [0.4, 0.5) is 0 Å². The minimum absolute atomic E-state index is 0.0170. The number of hydrogen-bond donors (Lipinski definition) is 0. The van der Waals surface area contributed by atoms with Gasteiger partial charge in [0, 0.05) is 0 Å². The lowest BCUT2D eigenvalue weighted by Crippen LogP contribution is -2.22. The highest BCUT2D eigenvalue weighted by Gasteiger charge is 2.12. The lowest BCUT2D eigenvalue weighted by atomic mass is 10.0. The maximum Gasteiger partial charge on any atom is 0.274 e. The standard InChI is InChI=1S/C21H20N2OS/c1-11-6-15(5)16(7-12(11)2)10-19-20(24)23-18-9-14(4)13(3)8-17(18)22-21(23)25-19/h6-10H,1-5H3/b19-10-. The molecule has 0 radical (unpaired) electrons. The number of benzene rings is 2. The predicted octanol–water partition coefficient (Wildman–Crippen LogP) is 4.00. The van der Waals surface area contributed by atoms with Crippen LogP contribution in [0.1, 0.15) is 33.4 Å². The van der Waals surface area contributed by atoms with E-state index in [1.165, 1.54) is 39.2 Å². The molecule has 4 rings (SSSR count). The number of imidazole rings is 1. The SMILES string of the molecule is Cc1cc(C)c(/C=c2\sc3nc4cc(C)c(C)cc4n3c2=O)cc1C. The molecule has 0 saturated heterocycles. The van der Waals surface area contributed by atoms with Gasteiger partial charge < -0.3 is 0 Å². The minimum atomic E-state index is 0.0170. The zero-order valence-electron chi connectivity index (χ0n) is 15.1. The number of aryl methyl sites for hydroxylation is 5. The first-order chi connectivity index (χ1) is 11.8. The molecule has 0 aliphatic carbocycles. The van der Waals surface area contributed by atoms with Crippen molar-refractivity contribution in [2.24, 2.45) is 0 Å². The highest BCUT2D eigenvalue weighted by Crippen LogP contribution is 2.21. The van der Waals surface area contributed by atoms with Crippen LogP contribution in [0.2, 0.25) is 0 Å². The van der Waals surface area contributed by atoms with Gasteiger partial charge in [-0.3, -0.25) is 4.79 Å². The van der Waals surface area contributed by atoms with Crippen LogP contribution >= 0.6 is 11.3 Å². The van der Waals surface area contributed by atoms with Crippen molar-refractivity contribution in [1.29, 1.82) is 0 Å². The number of nitrogens with zero attached hydrogens (tertiary/aromatic N) is 2. The number of thiazole rings is 1. The van der Waals surface area contributed by atoms with E-state index in [9.17, 15) is 4.79 Å². The Labute approximate surface area is 150 Å². The highest BCUT2D eigenvalue weighted by molar-refractivity contribution is 7.15. The molecular formula is C21H20N2OS. The summed E-state index contributed by atoms with van der Waals surface area (Å²) in [5.41, 5.74) is 8.97. The first-order valence-electron chi connectivity index (χ1n) is 8.37. The van der Waals surface area contributed by atoms with Crippen LogP contribution in [-0.2, 0) is 0 Å². The molecule has 0 fully saturated rings. The van der Waals surface area contributed by atoms with Gasteiger partial charge in [0.15, 0.2) is 4.96 Å². The average Bonchev–Trinajstić information content (AvgIpc) is 3.03. The largest absolute Gasteiger partial charge is 0.274 e. The molecule has 0 bridgehead atoms. The summed E-state index contributed by atoms with van der Waals surface area (Å²) in [6.07, 6.45) is 2.00. The van der Waals surface area contributed by atoms with Crippen LogP contribution in [0.15, 0.2) is 29.1 Å². The van der Waals surface area contributed by atoms with E-state index in [0.717, 1.165) is 26.1 Å². The summed E-state index contributed by atoms with van der Waals surface area (Å²) < 4.78 is 2.48. The molecule has 126 valence electrons. The molecule has 0 unspecified atom stereocenters. The minimum Gasteiger partial charge on any atom is -0.267 e. The molecule has 0 spiro atoms. The number of rotatable bonds is 1. The highest BCUT2D eigenvalue weighted by atomic mass is 32.1.